The van der Waals surface area contributed by atoms with E-state index in [0.29, 0.717) is 6.42 Å². The summed E-state index contributed by atoms with van der Waals surface area (Å²) in [5.41, 5.74) is 0. The molecule has 0 aliphatic carbocycles. The number of aliphatic carboxylic acids is 1. The average molecular weight is 201 g/mol. The van der Waals surface area contributed by atoms with Crippen LogP contribution >= 0.6 is 0 Å². The van der Waals surface area contributed by atoms with Crippen LogP contribution in [-0.2, 0) is 9.59 Å². The Labute approximate surface area is 84.9 Å². The highest BCUT2D eigenvalue weighted by Gasteiger charge is 2.14. The van der Waals surface area contributed by atoms with Crippen LogP contribution in [0.3, 0.4) is 0 Å². The van der Waals surface area contributed by atoms with E-state index in [4.69, 9.17) is 5.11 Å². The molecule has 0 heterocycles. The smallest absolute Gasteiger partial charge is 0.303 e. The van der Waals surface area contributed by atoms with Gasteiger partial charge in [0, 0.05) is 26.4 Å². The number of carbonyl (C=O) groups is 2. The molecule has 0 aliphatic rings. The quantitative estimate of drug-likeness (QED) is 0.705. The van der Waals surface area contributed by atoms with Crippen LogP contribution in [0.2, 0.25) is 0 Å². The summed E-state index contributed by atoms with van der Waals surface area (Å²) in [6, 6.07) is 0. The molecule has 0 spiro atoms. The van der Waals surface area contributed by atoms with Crippen molar-refractivity contribution in [2.45, 2.75) is 33.1 Å². The first-order valence-corrected chi connectivity index (χ1v) is 4.93. The Morgan fingerprint density at radius 2 is 1.93 bits per heavy atom. The van der Waals surface area contributed by atoms with E-state index in [0.717, 1.165) is 13.0 Å². The zero-order valence-corrected chi connectivity index (χ0v) is 9.12. The molecule has 14 heavy (non-hydrogen) atoms. The molecule has 82 valence electrons. The number of amides is 1. The predicted octanol–water partition coefficient (Wildman–Crippen LogP) is 1.36. The van der Waals surface area contributed by atoms with Gasteiger partial charge in [-0.1, -0.05) is 13.8 Å². The van der Waals surface area contributed by atoms with Crippen LogP contribution in [-0.4, -0.2) is 35.5 Å². The summed E-state index contributed by atoms with van der Waals surface area (Å²) in [6.45, 7) is 4.52. The van der Waals surface area contributed by atoms with Crippen molar-refractivity contribution in [3.8, 4) is 0 Å². The Hall–Kier alpha value is -1.06. The Kier molecular flexibility index (Phi) is 5.92. The Morgan fingerprint density at radius 3 is 2.36 bits per heavy atom. The number of nitrogens with zero attached hydrogens (tertiary/aromatic N) is 1. The molecule has 1 unspecified atom stereocenters. The summed E-state index contributed by atoms with van der Waals surface area (Å²) in [7, 11) is 1.75. The van der Waals surface area contributed by atoms with Gasteiger partial charge in [-0.05, 0) is 12.3 Å². The van der Waals surface area contributed by atoms with E-state index < -0.39 is 5.97 Å². The van der Waals surface area contributed by atoms with Crippen LogP contribution in [0.4, 0.5) is 0 Å². The highest BCUT2D eigenvalue weighted by atomic mass is 16.4. The molecule has 4 heteroatoms. The third-order valence-electron chi connectivity index (χ3n) is 2.03. The maximum Gasteiger partial charge on any atom is 0.303 e. The second kappa shape index (κ2) is 6.40. The van der Waals surface area contributed by atoms with Gasteiger partial charge in [0.15, 0.2) is 0 Å². The van der Waals surface area contributed by atoms with Crippen LogP contribution in [0, 0.1) is 5.92 Å². The van der Waals surface area contributed by atoms with Crippen molar-refractivity contribution in [3.63, 3.8) is 0 Å². The van der Waals surface area contributed by atoms with Crippen molar-refractivity contribution in [2.75, 3.05) is 13.6 Å². The molecule has 1 N–H and O–H groups in total. The first kappa shape index (κ1) is 12.9. The van der Waals surface area contributed by atoms with Crippen LogP contribution in [0.25, 0.3) is 0 Å². The highest BCUT2D eigenvalue weighted by molar-refractivity contribution is 5.77. The second-order valence-corrected chi connectivity index (χ2v) is 3.72. The van der Waals surface area contributed by atoms with Gasteiger partial charge in [-0.15, -0.1) is 0 Å². The fourth-order valence-electron chi connectivity index (χ4n) is 1.28. The van der Waals surface area contributed by atoms with Crippen LogP contribution in [0.15, 0.2) is 0 Å². The van der Waals surface area contributed by atoms with Gasteiger partial charge in [-0.2, -0.15) is 0 Å². The van der Waals surface area contributed by atoms with Crippen LogP contribution in [0.1, 0.15) is 33.1 Å². The summed E-state index contributed by atoms with van der Waals surface area (Å²) >= 11 is 0. The lowest BCUT2D eigenvalue weighted by Crippen LogP contribution is -2.29. The molecule has 4 nitrogen and oxygen atoms in total. The molecule has 0 bridgehead atoms. The summed E-state index contributed by atoms with van der Waals surface area (Å²) in [5.74, 6) is -0.900. The fraction of sp³-hybridized carbons (Fsp3) is 0.800. The number of carboxylic acids is 1. The van der Waals surface area contributed by atoms with E-state index in [1.807, 2.05) is 6.92 Å². The standard InChI is InChI=1S/C10H19NO3/c1-4-5-11(3)9(12)6-8(2)7-10(13)14/h8H,4-7H2,1-3H3,(H,13,14). The molecule has 0 saturated carbocycles. The van der Waals surface area contributed by atoms with Crippen molar-refractivity contribution < 1.29 is 14.7 Å². The van der Waals surface area contributed by atoms with Crippen molar-refractivity contribution in [1.29, 1.82) is 0 Å². The van der Waals surface area contributed by atoms with E-state index in [1.54, 1.807) is 18.9 Å². The molecule has 1 atom stereocenters. The molecular weight excluding hydrogens is 182 g/mol. The first-order chi connectivity index (χ1) is 6.47. The van der Waals surface area contributed by atoms with Gasteiger partial charge < -0.3 is 10.0 Å². The number of hydrogen-bond acceptors (Lipinski definition) is 2. The number of rotatable bonds is 6. The zero-order valence-electron chi connectivity index (χ0n) is 9.12. The van der Waals surface area contributed by atoms with Gasteiger partial charge in [0.1, 0.15) is 0 Å². The molecular formula is C10H19NO3. The van der Waals surface area contributed by atoms with Gasteiger partial charge in [-0.25, -0.2) is 0 Å². The minimum atomic E-state index is -0.844. The zero-order chi connectivity index (χ0) is 11.1. The molecule has 0 aliphatic heterocycles. The van der Waals surface area contributed by atoms with E-state index in [9.17, 15) is 9.59 Å². The van der Waals surface area contributed by atoms with Crippen molar-refractivity contribution in [1.82, 2.24) is 4.90 Å². The van der Waals surface area contributed by atoms with Gasteiger partial charge in [0.2, 0.25) is 5.91 Å². The Balaban J connectivity index is 3.86. The van der Waals surface area contributed by atoms with Gasteiger partial charge in [0.05, 0.1) is 0 Å². The molecule has 0 aromatic carbocycles. The maximum atomic E-state index is 11.5. The highest BCUT2D eigenvalue weighted by Crippen LogP contribution is 2.09. The summed E-state index contributed by atoms with van der Waals surface area (Å²) < 4.78 is 0. The molecule has 0 saturated heterocycles. The lowest BCUT2D eigenvalue weighted by Gasteiger charge is -2.17. The third-order valence-corrected chi connectivity index (χ3v) is 2.03. The normalized spacial score (nSPS) is 12.2. The average Bonchev–Trinajstić information content (AvgIpc) is 2.02. The Bertz CT molecular complexity index is 204. The molecule has 0 rings (SSSR count). The lowest BCUT2D eigenvalue weighted by molar-refractivity contribution is -0.138. The fourth-order valence-corrected chi connectivity index (χ4v) is 1.28. The summed E-state index contributed by atoms with van der Waals surface area (Å²) in [6.07, 6.45) is 1.31. The van der Waals surface area contributed by atoms with E-state index in [2.05, 4.69) is 0 Å². The van der Waals surface area contributed by atoms with Crippen LogP contribution in [0.5, 0.6) is 0 Å². The first-order valence-electron chi connectivity index (χ1n) is 4.93. The van der Waals surface area contributed by atoms with Crippen LogP contribution < -0.4 is 0 Å². The summed E-state index contributed by atoms with van der Waals surface area (Å²) in [4.78, 5) is 23.5. The van der Waals surface area contributed by atoms with Crippen molar-refractivity contribution in [2.24, 2.45) is 5.92 Å². The molecule has 0 radical (unpaired) electrons. The van der Waals surface area contributed by atoms with E-state index in [1.165, 1.54) is 0 Å². The number of carboxylic acid groups (broad SMARTS) is 1. The monoisotopic (exact) mass is 201 g/mol. The lowest BCUT2D eigenvalue weighted by atomic mass is 10.0. The maximum absolute atomic E-state index is 11.5. The third kappa shape index (κ3) is 5.56. The molecule has 1 amide bonds. The second-order valence-electron chi connectivity index (χ2n) is 3.72. The number of carbonyl (C=O) groups excluding carboxylic acids is 1. The SMILES string of the molecule is CCCN(C)C(=O)CC(C)CC(=O)O. The Morgan fingerprint density at radius 1 is 1.36 bits per heavy atom. The topological polar surface area (TPSA) is 57.6 Å². The largest absolute Gasteiger partial charge is 0.481 e. The molecule has 0 aromatic heterocycles. The predicted molar refractivity (Wildman–Crippen MR) is 54.0 cm³/mol. The van der Waals surface area contributed by atoms with Gasteiger partial charge in [-0.3, -0.25) is 9.59 Å². The van der Waals surface area contributed by atoms with Gasteiger partial charge >= 0.3 is 5.97 Å². The van der Waals surface area contributed by atoms with E-state index in [-0.39, 0.29) is 18.2 Å². The molecule has 0 fully saturated rings. The summed E-state index contributed by atoms with van der Waals surface area (Å²) in [5, 5.41) is 8.51. The number of hydrogen-bond donors (Lipinski definition) is 1. The minimum absolute atomic E-state index is 0.0283. The van der Waals surface area contributed by atoms with E-state index >= 15 is 0 Å². The van der Waals surface area contributed by atoms with Crippen molar-refractivity contribution in [3.05, 3.63) is 0 Å². The van der Waals surface area contributed by atoms with Crippen molar-refractivity contribution >= 4 is 11.9 Å². The molecule has 0 aromatic rings. The minimum Gasteiger partial charge on any atom is -0.481 e. The van der Waals surface area contributed by atoms with Gasteiger partial charge in [0.25, 0.3) is 0 Å².